The van der Waals surface area contributed by atoms with Gasteiger partial charge < -0.3 is 15.3 Å². The van der Waals surface area contributed by atoms with Crippen molar-refractivity contribution >= 4 is 6.08 Å². The number of allylic oxidation sites excluding steroid dienone is 1. The maximum atomic E-state index is 9.99. The smallest absolute Gasteiger partial charge is 0.157 e. The Morgan fingerprint density at radius 1 is 0.909 bits per heavy atom. The largest absolute Gasteiger partial charge is 0.504 e. The maximum Gasteiger partial charge on any atom is 0.157 e. The predicted octanol–water partition coefficient (Wildman–Crippen LogP) is 3.88. The molecule has 2 rings (SSSR count). The number of aryl methyl sites for hydroxylation is 1. The molecular weight excluding hydrogens is 276 g/mol. The van der Waals surface area contributed by atoms with Crippen molar-refractivity contribution in [3.63, 3.8) is 0 Å². The van der Waals surface area contributed by atoms with Crippen LogP contribution >= 0.6 is 0 Å². The van der Waals surface area contributed by atoms with Crippen LogP contribution < -0.4 is 0 Å². The number of benzene rings is 2. The van der Waals surface area contributed by atoms with E-state index >= 15 is 0 Å². The van der Waals surface area contributed by atoms with E-state index in [9.17, 15) is 15.3 Å². The average molecular weight is 298 g/mol. The van der Waals surface area contributed by atoms with Gasteiger partial charge in [0.25, 0.3) is 0 Å². The Morgan fingerprint density at radius 3 is 2.41 bits per heavy atom. The first-order valence-corrected chi connectivity index (χ1v) is 7.55. The first-order chi connectivity index (χ1) is 10.6. The Bertz CT molecular complexity index is 605. The maximum absolute atomic E-state index is 9.99. The summed E-state index contributed by atoms with van der Waals surface area (Å²) in [4.78, 5) is 0. The van der Waals surface area contributed by atoms with Crippen LogP contribution in [0, 0.1) is 0 Å². The summed E-state index contributed by atoms with van der Waals surface area (Å²) in [5.41, 5.74) is 2.07. The first-order valence-electron chi connectivity index (χ1n) is 7.55. The fourth-order valence-electron chi connectivity index (χ4n) is 2.27. The molecule has 22 heavy (non-hydrogen) atoms. The van der Waals surface area contributed by atoms with E-state index in [2.05, 4.69) is 12.2 Å². The molecule has 3 nitrogen and oxygen atoms in total. The summed E-state index contributed by atoms with van der Waals surface area (Å²) >= 11 is 0. The second-order valence-electron chi connectivity index (χ2n) is 5.41. The van der Waals surface area contributed by atoms with Crippen LogP contribution in [0.4, 0.5) is 0 Å². The number of hydrogen-bond donors (Lipinski definition) is 3. The fraction of sp³-hybridized carbons (Fsp3) is 0.263. The molecule has 0 unspecified atom stereocenters. The van der Waals surface area contributed by atoms with Gasteiger partial charge in [-0.1, -0.05) is 48.6 Å². The number of phenols is 2. The molecule has 2 aromatic rings. The van der Waals surface area contributed by atoms with Crippen LogP contribution in [0.2, 0.25) is 0 Å². The normalized spacial score (nSPS) is 12.6. The highest BCUT2D eigenvalue weighted by Crippen LogP contribution is 2.25. The average Bonchev–Trinajstić information content (AvgIpc) is 2.54. The molecule has 0 aliphatic rings. The van der Waals surface area contributed by atoms with E-state index in [1.165, 1.54) is 12.1 Å². The van der Waals surface area contributed by atoms with Gasteiger partial charge in [0, 0.05) is 0 Å². The number of aliphatic hydroxyl groups is 1. The first kappa shape index (κ1) is 16.1. The molecule has 2 aromatic carbocycles. The molecule has 1 atom stereocenters. The van der Waals surface area contributed by atoms with Crippen molar-refractivity contribution in [1.29, 1.82) is 0 Å². The zero-order valence-corrected chi connectivity index (χ0v) is 12.5. The van der Waals surface area contributed by atoms with Crippen molar-refractivity contribution in [3.05, 3.63) is 65.7 Å². The van der Waals surface area contributed by atoms with E-state index in [-0.39, 0.29) is 17.6 Å². The molecule has 0 saturated heterocycles. The van der Waals surface area contributed by atoms with Crippen LogP contribution in [-0.2, 0) is 6.42 Å². The Morgan fingerprint density at radius 2 is 1.68 bits per heavy atom. The van der Waals surface area contributed by atoms with Gasteiger partial charge >= 0.3 is 0 Å². The van der Waals surface area contributed by atoms with E-state index < -0.39 is 0 Å². The monoisotopic (exact) mass is 298 g/mol. The molecule has 0 aliphatic carbocycles. The standard InChI is InChI=1S/C19H22O3/c20-17(9-5-4-8-15-6-2-1-3-7-15)12-10-16-11-13-18(21)19(22)14-16/h1-4,6-8,11,13-14,17,20-22H,5,9-10,12H2/t17-/m0/s1. The van der Waals surface area contributed by atoms with Gasteiger partial charge in [0.15, 0.2) is 11.5 Å². The summed E-state index contributed by atoms with van der Waals surface area (Å²) in [7, 11) is 0. The van der Waals surface area contributed by atoms with E-state index in [0.29, 0.717) is 19.3 Å². The number of aromatic hydroxyl groups is 2. The number of phenolic OH excluding ortho intramolecular Hbond substituents is 2. The van der Waals surface area contributed by atoms with Crippen LogP contribution in [-0.4, -0.2) is 21.4 Å². The van der Waals surface area contributed by atoms with Gasteiger partial charge in [0.1, 0.15) is 0 Å². The van der Waals surface area contributed by atoms with Crippen molar-refractivity contribution in [2.75, 3.05) is 0 Å². The number of aliphatic hydroxyl groups excluding tert-OH is 1. The van der Waals surface area contributed by atoms with Crippen LogP contribution in [0.1, 0.15) is 30.4 Å². The van der Waals surface area contributed by atoms with Crippen molar-refractivity contribution < 1.29 is 15.3 Å². The molecule has 0 heterocycles. The van der Waals surface area contributed by atoms with E-state index in [0.717, 1.165) is 17.5 Å². The van der Waals surface area contributed by atoms with Gasteiger partial charge in [-0.15, -0.1) is 0 Å². The third-order valence-corrected chi connectivity index (χ3v) is 3.58. The van der Waals surface area contributed by atoms with Gasteiger partial charge in [-0.3, -0.25) is 0 Å². The highest BCUT2D eigenvalue weighted by atomic mass is 16.3. The molecule has 0 radical (unpaired) electrons. The van der Waals surface area contributed by atoms with Gasteiger partial charge in [-0.05, 0) is 48.9 Å². The molecule has 0 aliphatic heterocycles. The molecule has 116 valence electrons. The van der Waals surface area contributed by atoms with Crippen LogP contribution in [0.15, 0.2) is 54.6 Å². The second-order valence-corrected chi connectivity index (χ2v) is 5.41. The summed E-state index contributed by atoms with van der Waals surface area (Å²) in [6.07, 6.45) is 6.64. The lowest BCUT2D eigenvalue weighted by atomic mass is 10.0. The molecule has 0 fully saturated rings. The lowest BCUT2D eigenvalue weighted by molar-refractivity contribution is 0.156. The van der Waals surface area contributed by atoms with Gasteiger partial charge in [-0.2, -0.15) is 0 Å². The third kappa shape index (κ3) is 5.26. The minimum absolute atomic E-state index is 0.113. The molecule has 3 heteroatoms. The topological polar surface area (TPSA) is 60.7 Å². The highest BCUT2D eigenvalue weighted by Gasteiger charge is 2.05. The van der Waals surface area contributed by atoms with Crippen LogP contribution in [0.5, 0.6) is 11.5 Å². The summed E-state index contributed by atoms with van der Waals surface area (Å²) < 4.78 is 0. The van der Waals surface area contributed by atoms with Crippen LogP contribution in [0.25, 0.3) is 6.08 Å². The minimum atomic E-state index is -0.364. The van der Waals surface area contributed by atoms with Crippen molar-refractivity contribution in [2.24, 2.45) is 0 Å². The summed E-state index contributed by atoms with van der Waals surface area (Å²) in [5.74, 6) is -0.229. The quantitative estimate of drug-likeness (QED) is 0.680. The summed E-state index contributed by atoms with van der Waals surface area (Å²) in [6, 6.07) is 14.9. The molecule has 0 spiro atoms. The molecule has 0 aromatic heterocycles. The fourth-order valence-corrected chi connectivity index (χ4v) is 2.27. The Kier molecular flexibility index (Phi) is 6.04. The zero-order chi connectivity index (χ0) is 15.8. The summed E-state index contributed by atoms with van der Waals surface area (Å²) in [6.45, 7) is 0. The highest BCUT2D eigenvalue weighted by molar-refractivity contribution is 5.48. The van der Waals surface area contributed by atoms with Gasteiger partial charge in [0.2, 0.25) is 0 Å². The Labute approximate surface area is 131 Å². The SMILES string of the molecule is Oc1ccc(CC[C@@H](O)CCC=Cc2ccccc2)cc1O. The van der Waals surface area contributed by atoms with Crippen molar-refractivity contribution in [3.8, 4) is 11.5 Å². The lowest BCUT2D eigenvalue weighted by Crippen LogP contribution is -2.07. The number of rotatable bonds is 7. The Balaban J connectivity index is 1.70. The molecule has 3 N–H and O–H groups in total. The predicted molar refractivity (Wildman–Crippen MR) is 88.8 cm³/mol. The Hall–Kier alpha value is -2.26. The minimum Gasteiger partial charge on any atom is -0.504 e. The summed E-state index contributed by atoms with van der Waals surface area (Å²) in [5, 5.41) is 28.7. The third-order valence-electron chi connectivity index (χ3n) is 3.58. The number of hydrogen-bond acceptors (Lipinski definition) is 3. The molecular formula is C19H22O3. The van der Waals surface area contributed by atoms with Gasteiger partial charge in [-0.25, -0.2) is 0 Å². The van der Waals surface area contributed by atoms with Gasteiger partial charge in [0.05, 0.1) is 6.10 Å². The van der Waals surface area contributed by atoms with Crippen LogP contribution in [0.3, 0.4) is 0 Å². The zero-order valence-electron chi connectivity index (χ0n) is 12.5. The molecule has 0 saturated carbocycles. The van der Waals surface area contributed by atoms with E-state index in [1.54, 1.807) is 6.07 Å². The lowest BCUT2D eigenvalue weighted by Gasteiger charge is -2.09. The second kappa shape index (κ2) is 8.25. The van der Waals surface area contributed by atoms with E-state index in [4.69, 9.17) is 0 Å². The molecule has 0 amide bonds. The van der Waals surface area contributed by atoms with Crippen molar-refractivity contribution in [2.45, 2.75) is 31.8 Å². The van der Waals surface area contributed by atoms with Crippen molar-refractivity contribution in [1.82, 2.24) is 0 Å². The van der Waals surface area contributed by atoms with E-state index in [1.807, 2.05) is 30.3 Å². The molecule has 0 bridgehead atoms.